The molecular formula is C21H22N4O2. The average molecular weight is 362 g/mol. The molecule has 0 radical (unpaired) electrons. The van der Waals surface area contributed by atoms with Gasteiger partial charge < -0.3 is 10.2 Å². The van der Waals surface area contributed by atoms with Gasteiger partial charge in [0.1, 0.15) is 5.69 Å². The third-order valence-corrected chi connectivity index (χ3v) is 4.93. The zero-order chi connectivity index (χ0) is 18.8. The predicted molar refractivity (Wildman–Crippen MR) is 105 cm³/mol. The Hall–Kier alpha value is -3.12. The van der Waals surface area contributed by atoms with Crippen LogP contribution in [0.5, 0.6) is 0 Å². The van der Waals surface area contributed by atoms with Gasteiger partial charge in [0.25, 0.3) is 5.91 Å². The molecule has 6 heteroatoms. The highest BCUT2D eigenvalue weighted by Gasteiger charge is 2.29. The van der Waals surface area contributed by atoms with E-state index in [4.69, 9.17) is 0 Å². The first-order valence-electron chi connectivity index (χ1n) is 9.11. The summed E-state index contributed by atoms with van der Waals surface area (Å²) >= 11 is 0. The van der Waals surface area contributed by atoms with Crippen LogP contribution in [0.25, 0.3) is 16.9 Å². The van der Waals surface area contributed by atoms with Crippen molar-refractivity contribution in [3.05, 3.63) is 76.8 Å². The summed E-state index contributed by atoms with van der Waals surface area (Å²) in [4.78, 5) is 28.3. The maximum Gasteiger partial charge on any atom is 0.333 e. The molecule has 138 valence electrons. The van der Waals surface area contributed by atoms with E-state index in [9.17, 15) is 9.59 Å². The number of imidazole rings is 1. The number of hydrogen-bond acceptors (Lipinski definition) is 3. The number of nitrogens with zero attached hydrogens (tertiary/aromatic N) is 3. The summed E-state index contributed by atoms with van der Waals surface area (Å²) in [6, 6.07) is 19.1. The molecule has 1 aliphatic rings. The molecule has 1 fully saturated rings. The maximum atomic E-state index is 13.3. The first-order valence-corrected chi connectivity index (χ1v) is 9.11. The third-order valence-electron chi connectivity index (χ3n) is 4.93. The van der Waals surface area contributed by atoms with E-state index in [0.717, 1.165) is 24.3 Å². The number of carbonyl (C=O) groups is 1. The minimum absolute atomic E-state index is 0.107. The fourth-order valence-corrected chi connectivity index (χ4v) is 3.55. The van der Waals surface area contributed by atoms with Crippen molar-refractivity contribution in [3.63, 3.8) is 0 Å². The largest absolute Gasteiger partial charge is 0.335 e. The first kappa shape index (κ1) is 17.3. The van der Waals surface area contributed by atoms with E-state index >= 15 is 0 Å². The lowest BCUT2D eigenvalue weighted by atomic mass is 10.1. The van der Waals surface area contributed by atoms with Crippen molar-refractivity contribution in [2.75, 3.05) is 26.2 Å². The molecule has 2 aromatic carbocycles. The molecule has 2 heterocycles. The Labute approximate surface area is 157 Å². The van der Waals surface area contributed by atoms with Gasteiger partial charge in [-0.3, -0.25) is 13.9 Å². The fourth-order valence-electron chi connectivity index (χ4n) is 3.55. The molecule has 0 bridgehead atoms. The quantitative estimate of drug-likeness (QED) is 0.774. The van der Waals surface area contributed by atoms with Crippen LogP contribution >= 0.6 is 0 Å². The van der Waals surface area contributed by atoms with Crippen LogP contribution in [0, 0.1) is 0 Å². The Morgan fingerprint density at radius 3 is 2.15 bits per heavy atom. The lowest BCUT2D eigenvalue weighted by Crippen LogP contribution is -2.47. The van der Waals surface area contributed by atoms with Crippen molar-refractivity contribution in [1.82, 2.24) is 19.4 Å². The highest BCUT2D eigenvalue weighted by Crippen LogP contribution is 2.27. The Kier molecular flexibility index (Phi) is 4.64. The molecule has 1 aromatic heterocycles. The molecule has 0 saturated carbocycles. The highest BCUT2D eigenvalue weighted by molar-refractivity contribution is 5.99. The van der Waals surface area contributed by atoms with Gasteiger partial charge in [0.05, 0.1) is 11.4 Å². The summed E-state index contributed by atoms with van der Waals surface area (Å²) in [6.07, 6.45) is 0. The number of piperazine rings is 1. The fraction of sp³-hybridized carbons (Fsp3) is 0.238. The van der Waals surface area contributed by atoms with Crippen LogP contribution < -0.4 is 11.0 Å². The van der Waals surface area contributed by atoms with Crippen molar-refractivity contribution < 1.29 is 4.79 Å². The van der Waals surface area contributed by atoms with Crippen LogP contribution in [0.1, 0.15) is 10.5 Å². The van der Waals surface area contributed by atoms with Gasteiger partial charge in [0.15, 0.2) is 0 Å². The molecule has 6 nitrogen and oxygen atoms in total. The Bertz CT molecular complexity index is 1000. The summed E-state index contributed by atoms with van der Waals surface area (Å²) < 4.78 is 3.10. The number of rotatable bonds is 3. The molecule has 0 aliphatic carbocycles. The minimum atomic E-state index is -0.224. The predicted octanol–water partition coefficient (Wildman–Crippen LogP) is 1.89. The van der Waals surface area contributed by atoms with Crippen molar-refractivity contribution in [2.24, 2.45) is 7.05 Å². The standard InChI is InChI=1S/C21H22N4O2/c1-23-19(20(26)24-14-12-22-13-15-24)18(16-8-4-2-5-9-16)25(21(23)27)17-10-6-3-7-11-17/h2-11,22H,12-15H2,1H3. The number of aromatic nitrogens is 2. The second-order valence-corrected chi connectivity index (χ2v) is 6.62. The van der Waals surface area contributed by atoms with Crippen LogP contribution in [0.2, 0.25) is 0 Å². The number of para-hydroxylation sites is 1. The van der Waals surface area contributed by atoms with Gasteiger partial charge in [-0.25, -0.2) is 4.79 Å². The van der Waals surface area contributed by atoms with E-state index in [1.807, 2.05) is 65.6 Å². The molecule has 27 heavy (non-hydrogen) atoms. The van der Waals surface area contributed by atoms with Crippen molar-refractivity contribution >= 4 is 5.91 Å². The van der Waals surface area contributed by atoms with E-state index < -0.39 is 0 Å². The Balaban J connectivity index is 1.96. The van der Waals surface area contributed by atoms with Gasteiger partial charge >= 0.3 is 5.69 Å². The van der Waals surface area contributed by atoms with E-state index in [2.05, 4.69) is 5.32 Å². The SMILES string of the molecule is Cn1c(C(=O)N2CCNCC2)c(-c2ccccc2)n(-c2ccccc2)c1=O. The van der Waals surface area contributed by atoms with Crippen LogP contribution in [-0.4, -0.2) is 46.1 Å². The normalized spacial score (nSPS) is 14.3. The molecule has 1 amide bonds. The molecule has 0 atom stereocenters. The second kappa shape index (κ2) is 7.25. The molecule has 1 saturated heterocycles. The third kappa shape index (κ3) is 3.08. The smallest absolute Gasteiger partial charge is 0.333 e. The topological polar surface area (TPSA) is 59.3 Å². The molecule has 1 aliphatic heterocycles. The molecule has 1 N–H and O–H groups in total. The van der Waals surface area contributed by atoms with Crippen molar-refractivity contribution in [3.8, 4) is 16.9 Å². The van der Waals surface area contributed by atoms with Crippen LogP contribution in [0.4, 0.5) is 0 Å². The number of hydrogen-bond donors (Lipinski definition) is 1. The molecule has 0 unspecified atom stereocenters. The summed E-state index contributed by atoms with van der Waals surface area (Å²) in [6.45, 7) is 2.80. The van der Waals surface area contributed by atoms with E-state index in [1.165, 1.54) is 4.57 Å². The molecule has 4 rings (SSSR count). The Morgan fingerprint density at radius 2 is 1.52 bits per heavy atom. The lowest BCUT2D eigenvalue weighted by molar-refractivity contribution is 0.0726. The molecule has 3 aromatic rings. The van der Waals surface area contributed by atoms with E-state index in [0.29, 0.717) is 24.5 Å². The van der Waals surface area contributed by atoms with Crippen LogP contribution in [0.3, 0.4) is 0 Å². The van der Waals surface area contributed by atoms with Gasteiger partial charge in [-0.15, -0.1) is 0 Å². The van der Waals surface area contributed by atoms with Gasteiger partial charge in [-0.05, 0) is 12.1 Å². The summed E-state index contributed by atoms with van der Waals surface area (Å²) in [5.74, 6) is -0.107. The Morgan fingerprint density at radius 1 is 0.926 bits per heavy atom. The van der Waals surface area contributed by atoms with Crippen LogP contribution in [-0.2, 0) is 7.05 Å². The molecular weight excluding hydrogens is 340 g/mol. The molecule has 0 spiro atoms. The summed E-state index contributed by atoms with van der Waals surface area (Å²) in [7, 11) is 1.67. The van der Waals surface area contributed by atoms with E-state index in [1.54, 1.807) is 11.6 Å². The zero-order valence-electron chi connectivity index (χ0n) is 15.3. The van der Waals surface area contributed by atoms with Crippen LogP contribution in [0.15, 0.2) is 65.5 Å². The lowest BCUT2D eigenvalue weighted by Gasteiger charge is -2.27. The zero-order valence-corrected chi connectivity index (χ0v) is 15.3. The monoisotopic (exact) mass is 362 g/mol. The number of benzene rings is 2. The first-order chi connectivity index (χ1) is 13.2. The number of nitrogens with one attached hydrogen (secondary N) is 1. The highest BCUT2D eigenvalue weighted by atomic mass is 16.2. The van der Waals surface area contributed by atoms with E-state index in [-0.39, 0.29) is 11.6 Å². The summed E-state index contributed by atoms with van der Waals surface area (Å²) in [5.41, 5.74) is 2.43. The van der Waals surface area contributed by atoms with Crippen molar-refractivity contribution in [2.45, 2.75) is 0 Å². The number of amides is 1. The van der Waals surface area contributed by atoms with Gasteiger partial charge in [0.2, 0.25) is 0 Å². The number of carbonyl (C=O) groups excluding carboxylic acids is 1. The minimum Gasteiger partial charge on any atom is -0.335 e. The maximum absolute atomic E-state index is 13.3. The van der Waals surface area contributed by atoms with Gasteiger partial charge in [-0.2, -0.15) is 0 Å². The average Bonchev–Trinajstić information content (AvgIpc) is 3.00. The van der Waals surface area contributed by atoms with Crippen molar-refractivity contribution in [1.29, 1.82) is 0 Å². The summed E-state index contributed by atoms with van der Waals surface area (Å²) in [5, 5.41) is 3.26. The van der Waals surface area contributed by atoms with Gasteiger partial charge in [-0.1, -0.05) is 48.5 Å². The van der Waals surface area contributed by atoms with Gasteiger partial charge in [0, 0.05) is 38.8 Å². The second-order valence-electron chi connectivity index (χ2n) is 6.62.